The van der Waals surface area contributed by atoms with Crippen LogP contribution in [-0.2, 0) is 0 Å². The lowest BCUT2D eigenvalue weighted by molar-refractivity contribution is 0.179. The molecule has 0 aliphatic carbocycles. The van der Waals surface area contributed by atoms with E-state index in [4.69, 9.17) is 5.73 Å². The van der Waals surface area contributed by atoms with E-state index >= 15 is 0 Å². The molecule has 0 amide bonds. The van der Waals surface area contributed by atoms with Gasteiger partial charge in [0.1, 0.15) is 0 Å². The Hall–Kier alpha value is 0.270. The molecule has 0 saturated carbocycles. The molecule has 1 aliphatic rings. The van der Waals surface area contributed by atoms with E-state index in [2.05, 4.69) is 11.2 Å². The number of nitrogens with zero attached hydrogens (tertiary/aromatic N) is 1. The normalized spacial score (nSPS) is 24.9. The van der Waals surface area contributed by atoms with Crippen molar-refractivity contribution in [3.8, 4) is 0 Å². The molecule has 1 unspecified atom stereocenters. The van der Waals surface area contributed by atoms with E-state index in [9.17, 15) is 0 Å². The van der Waals surface area contributed by atoms with Gasteiger partial charge in [-0.05, 0) is 56.8 Å². The number of rotatable bonds is 5. The van der Waals surface area contributed by atoms with Crippen LogP contribution in [0.15, 0.2) is 0 Å². The summed E-state index contributed by atoms with van der Waals surface area (Å²) in [5.74, 6) is 2.06. The molecule has 0 spiro atoms. The van der Waals surface area contributed by atoms with Crippen LogP contribution < -0.4 is 5.73 Å². The van der Waals surface area contributed by atoms with Gasteiger partial charge in [0, 0.05) is 6.54 Å². The molecule has 0 bridgehead atoms. The van der Waals surface area contributed by atoms with Crippen molar-refractivity contribution in [2.24, 2.45) is 11.7 Å². The van der Waals surface area contributed by atoms with Crippen molar-refractivity contribution in [2.75, 3.05) is 38.2 Å². The molecule has 78 valence electrons. The summed E-state index contributed by atoms with van der Waals surface area (Å²) in [5, 5.41) is 0. The van der Waals surface area contributed by atoms with Crippen LogP contribution in [-0.4, -0.2) is 43.1 Å². The van der Waals surface area contributed by atoms with Gasteiger partial charge < -0.3 is 10.6 Å². The molecule has 1 rings (SSSR count). The highest BCUT2D eigenvalue weighted by Gasteiger charge is 2.17. The predicted molar refractivity (Wildman–Crippen MR) is 61.2 cm³/mol. The first-order chi connectivity index (χ1) is 6.36. The number of hydrogen-bond acceptors (Lipinski definition) is 3. The Labute approximate surface area is 86.2 Å². The second-order valence-corrected chi connectivity index (χ2v) is 4.88. The summed E-state index contributed by atoms with van der Waals surface area (Å²) in [6.45, 7) is 4.69. The van der Waals surface area contributed by atoms with E-state index in [1.54, 1.807) is 0 Å². The molecule has 1 saturated heterocycles. The zero-order chi connectivity index (χ0) is 9.52. The van der Waals surface area contributed by atoms with E-state index in [0.29, 0.717) is 0 Å². The Bertz CT molecular complexity index is 130. The lowest BCUT2D eigenvalue weighted by Crippen LogP contribution is -2.38. The molecule has 0 aromatic rings. The van der Waals surface area contributed by atoms with Crippen LogP contribution in [0.5, 0.6) is 0 Å². The maximum atomic E-state index is 5.69. The lowest BCUT2D eigenvalue weighted by Gasteiger charge is -2.31. The molecule has 1 heterocycles. The van der Waals surface area contributed by atoms with Crippen LogP contribution in [0.3, 0.4) is 0 Å². The van der Waals surface area contributed by atoms with E-state index in [0.717, 1.165) is 12.5 Å². The molecular formula is C10H22N2S. The molecule has 2 nitrogen and oxygen atoms in total. The first-order valence-electron chi connectivity index (χ1n) is 5.28. The van der Waals surface area contributed by atoms with E-state index < -0.39 is 0 Å². The third kappa shape index (κ3) is 4.34. The van der Waals surface area contributed by atoms with Gasteiger partial charge >= 0.3 is 0 Å². The summed E-state index contributed by atoms with van der Waals surface area (Å²) in [4.78, 5) is 2.58. The largest absolute Gasteiger partial charge is 0.330 e. The number of hydrogen-bond donors (Lipinski definition) is 1. The molecule has 2 N–H and O–H groups in total. The van der Waals surface area contributed by atoms with Crippen molar-refractivity contribution in [1.29, 1.82) is 0 Å². The van der Waals surface area contributed by atoms with Gasteiger partial charge in [0.05, 0.1) is 0 Å². The van der Waals surface area contributed by atoms with Gasteiger partial charge in [0.2, 0.25) is 0 Å². The predicted octanol–water partition coefficient (Wildman–Crippen LogP) is 1.41. The first-order valence-corrected chi connectivity index (χ1v) is 6.67. The number of thioether (sulfide) groups is 1. The first kappa shape index (κ1) is 11.3. The summed E-state index contributed by atoms with van der Waals surface area (Å²) < 4.78 is 0. The monoisotopic (exact) mass is 202 g/mol. The van der Waals surface area contributed by atoms with Crippen LogP contribution in [0.1, 0.15) is 19.3 Å². The van der Waals surface area contributed by atoms with Crippen molar-refractivity contribution < 1.29 is 0 Å². The van der Waals surface area contributed by atoms with Crippen LogP contribution in [0.2, 0.25) is 0 Å². The minimum absolute atomic E-state index is 0.767. The topological polar surface area (TPSA) is 29.3 Å². The minimum Gasteiger partial charge on any atom is -0.330 e. The molecular weight excluding hydrogens is 180 g/mol. The Morgan fingerprint density at radius 3 is 3.08 bits per heavy atom. The van der Waals surface area contributed by atoms with Crippen LogP contribution in [0, 0.1) is 5.92 Å². The molecule has 13 heavy (non-hydrogen) atoms. The van der Waals surface area contributed by atoms with E-state index in [1.807, 2.05) is 11.8 Å². The van der Waals surface area contributed by atoms with Crippen molar-refractivity contribution >= 4 is 11.8 Å². The summed E-state index contributed by atoms with van der Waals surface area (Å²) in [6.07, 6.45) is 6.20. The zero-order valence-corrected chi connectivity index (χ0v) is 9.48. The van der Waals surface area contributed by atoms with Crippen LogP contribution in [0.4, 0.5) is 0 Å². The number of nitrogens with two attached hydrogens (primary N) is 1. The fourth-order valence-electron chi connectivity index (χ4n) is 1.98. The molecule has 3 heteroatoms. The summed E-state index contributed by atoms with van der Waals surface area (Å²) in [6, 6.07) is 0. The lowest BCUT2D eigenvalue weighted by atomic mass is 9.98. The van der Waals surface area contributed by atoms with Gasteiger partial charge in [0.15, 0.2) is 0 Å². The molecule has 1 atom stereocenters. The quantitative estimate of drug-likeness (QED) is 0.684. The molecule has 0 aromatic carbocycles. The highest BCUT2D eigenvalue weighted by Crippen LogP contribution is 2.15. The Balaban J connectivity index is 2.11. The highest BCUT2D eigenvalue weighted by atomic mass is 32.2. The van der Waals surface area contributed by atoms with E-state index in [-0.39, 0.29) is 0 Å². The van der Waals surface area contributed by atoms with Gasteiger partial charge in [0.25, 0.3) is 0 Å². The van der Waals surface area contributed by atoms with Crippen molar-refractivity contribution in [2.45, 2.75) is 19.3 Å². The van der Waals surface area contributed by atoms with Crippen LogP contribution in [0.25, 0.3) is 0 Å². The third-order valence-electron chi connectivity index (χ3n) is 2.76. The summed E-state index contributed by atoms with van der Waals surface area (Å²) >= 11 is 1.95. The van der Waals surface area contributed by atoms with Gasteiger partial charge in [-0.3, -0.25) is 0 Å². The summed E-state index contributed by atoms with van der Waals surface area (Å²) in [7, 11) is 0. The average molecular weight is 202 g/mol. The van der Waals surface area contributed by atoms with Gasteiger partial charge in [-0.2, -0.15) is 11.8 Å². The minimum atomic E-state index is 0.767. The smallest absolute Gasteiger partial charge is 0.00217 e. The molecule has 1 aliphatic heterocycles. The van der Waals surface area contributed by atoms with Gasteiger partial charge in [-0.1, -0.05) is 0 Å². The standard InChI is InChI=1S/C10H22N2S/c1-13-7-3-6-12-5-2-4-10(8-11)9-12/h10H,2-9,11H2,1H3. The molecule has 0 aromatic heterocycles. The maximum Gasteiger partial charge on any atom is 0.00217 e. The fraction of sp³-hybridized carbons (Fsp3) is 1.00. The Kier molecular flexibility index (Phi) is 5.83. The Morgan fingerprint density at radius 1 is 1.54 bits per heavy atom. The summed E-state index contributed by atoms with van der Waals surface area (Å²) in [5.41, 5.74) is 5.69. The SMILES string of the molecule is CSCCCN1CCCC(CN)C1. The highest BCUT2D eigenvalue weighted by molar-refractivity contribution is 7.98. The zero-order valence-electron chi connectivity index (χ0n) is 8.67. The second kappa shape index (κ2) is 6.68. The van der Waals surface area contributed by atoms with Crippen LogP contribution >= 0.6 is 11.8 Å². The fourth-order valence-corrected chi connectivity index (χ4v) is 2.40. The Morgan fingerprint density at radius 2 is 2.38 bits per heavy atom. The molecule has 1 fully saturated rings. The maximum absolute atomic E-state index is 5.69. The third-order valence-corrected chi connectivity index (χ3v) is 3.46. The average Bonchev–Trinajstić information content (AvgIpc) is 2.19. The van der Waals surface area contributed by atoms with Gasteiger partial charge in [-0.25, -0.2) is 0 Å². The number of likely N-dealkylation sites (tertiary alicyclic amines) is 1. The van der Waals surface area contributed by atoms with Crippen molar-refractivity contribution in [3.05, 3.63) is 0 Å². The number of piperidine rings is 1. The second-order valence-electron chi connectivity index (χ2n) is 3.89. The molecule has 0 radical (unpaired) electrons. The van der Waals surface area contributed by atoms with Crippen molar-refractivity contribution in [1.82, 2.24) is 4.90 Å². The van der Waals surface area contributed by atoms with Gasteiger partial charge in [-0.15, -0.1) is 0 Å². The van der Waals surface area contributed by atoms with Crippen molar-refractivity contribution in [3.63, 3.8) is 0 Å². The van der Waals surface area contributed by atoms with E-state index in [1.165, 1.54) is 44.6 Å².